The summed E-state index contributed by atoms with van der Waals surface area (Å²) in [6.45, 7) is 7.14. The van der Waals surface area contributed by atoms with Gasteiger partial charge in [0.2, 0.25) is 0 Å². The molecule has 0 aromatic heterocycles. The second kappa shape index (κ2) is 10.1. The fourth-order valence-electron chi connectivity index (χ4n) is 1.85. The third kappa shape index (κ3) is 6.64. The number of nitrogens with zero attached hydrogens (tertiary/aromatic N) is 2. The van der Waals surface area contributed by atoms with Gasteiger partial charge in [-0.3, -0.25) is 10.1 Å². The molecule has 0 aliphatic carbocycles. The molecule has 0 amide bonds. The van der Waals surface area contributed by atoms with Crippen LogP contribution in [0.1, 0.15) is 0 Å². The van der Waals surface area contributed by atoms with Gasteiger partial charge in [0, 0.05) is 24.3 Å². The Hall–Kier alpha value is -2.87. The van der Waals surface area contributed by atoms with E-state index in [1.54, 1.807) is 4.90 Å². The number of halogens is 1. The van der Waals surface area contributed by atoms with Crippen molar-refractivity contribution in [3.63, 3.8) is 0 Å². The van der Waals surface area contributed by atoms with Crippen molar-refractivity contribution >= 4 is 34.9 Å². The van der Waals surface area contributed by atoms with Crippen molar-refractivity contribution in [1.82, 2.24) is 0 Å². The van der Waals surface area contributed by atoms with Crippen molar-refractivity contribution in [3.05, 3.63) is 58.6 Å². The Morgan fingerprint density at radius 3 is 2.08 bits per heavy atom. The van der Waals surface area contributed by atoms with Gasteiger partial charge in [-0.25, -0.2) is 9.59 Å². The number of nitro groups is 1. The van der Waals surface area contributed by atoms with Gasteiger partial charge in [0.05, 0.1) is 28.7 Å². The first-order chi connectivity index (χ1) is 11.9. The molecule has 0 aliphatic rings. The van der Waals surface area contributed by atoms with Gasteiger partial charge in [0.25, 0.3) is 5.69 Å². The molecular weight excluding hydrogens is 352 g/mol. The Morgan fingerprint density at radius 1 is 1.16 bits per heavy atom. The number of anilines is 1. The molecule has 0 N–H and O–H groups in total. The summed E-state index contributed by atoms with van der Waals surface area (Å²) in [6, 6.07) is 4.00. The zero-order valence-electron chi connectivity index (χ0n) is 13.4. The zero-order chi connectivity index (χ0) is 18.8. The molecule has 0 bridgehead atoms. The van der Waals surface area contributed by atoms with Crippen LogP contribution in [-0.2, 0) is 19.1 Å². The van der Waals surface area contributed by atoms with E-state index in [0.29, 0.717) is 5.69 Å². The molecule has 25 heavy (non-hydrogen) atoms. The first kappa shape index (κ1) is 20.2. The SMILES string of the molecule is C=CC(=O)OCCN(CCOC(=O)C=C)c1ccc([N+](=O)[O-])cc1Cl. The number of rotatable bonds is 10. The van der Waals surface area contributed by atoms with Crippen molar-refractivity contribution in [2.75, 3.05) is 31.2 Å². The highest BCUT2D eigenvalue weighted by molar-refractivity contribution is 6.33. The topological polar surface area (TPSA) is 99.0 Å². The van der Waals surface area contributed by atoms with E-state index in [4.69, 9.17) is 21.1 Å². The van der Waals surface area contributed by atoms with E-state index in [1.807, 2.05) is 0 Å². The van der Waals surface area contributed by atoms with Gasteiger partial charge < -0.3 is 14.4 Å². The number of non-ortho nitro benzene ring substituents is 1. The lowest BCUT2D eigenvalue weighted by molar-refractivity contribution is -0.384. The average molecular weight is 369 g/mol. The normalized spacial score (nSPS) is 9.80. The quantitative estimate of drug-likeness (QED) is 0.271. The van der Waals surface area contributed by atoms with Gasteiger partial charge in [-0.05, 0) is 6.07 Å². The van der Waals surface area contributed by atoms with Crippen LogP contribution in [0.4, 0.5) is 11.4 Å². The summed E-state index contributed by atoms with van der Waals surface area (Å²) in [7, 11) is 0. The molecule has 0 aliphatic heterocycles. The second-order valence-electron chi connectivity index (χ2n) is 4.62. The number of hydrogen-bond donors (Lipinski definition) is 0. The fourth-order valence-corrected chi connectivity index (χ4v) is 2.14. The van der Waals surface area contributed by atoms with Gasteiger partial charge in [-0.2, -0.15) is 0 Å². The lowest BCUT2D eigenvalue weighted by Crippen LogP contribution is -2.32. The Morgan fingerprint density at radius 2 is 1.68 bits per heavy atom. The minimum absolute atomic E-state index is 0.0353. The molecule has 0 atom stereocenters. The van der Waals surface area contributed by atoms with Crippen LogP contribution in [0.3, 0.4) is 0 Å². The number of nitro benzene ring substituents is 1. The first-order valence-corrected chi connectivity index (χ1v) is 7.54. The van der Waals surface area contributed by atoms with E-state index >= 15 is 0 Å². The minimum atomic E-state index is -0.576. The smallest absolute Gasteiger partial charge is 0.330 e. The summed E-state index contributed by atoms with van der Waals surface area (Å²) in [5, 5.41) is 10.9. The summed E-state index contributed by atoms with van der Waals surface area (Å²) < 4.78 is 9.84. The molecule has 0 unspecified atom stereocenters. The van der Waals surface area contributed by atoms with Crippen LogP contribution in [0.2, 0.25) is 5.02 Å². The monoisotopic (exact) mass is 368 g/mol. The highest BCUT2D eigenvalue weighted by atomic mass is 35.5. The molecule has 0 radical (unpaired) electrons. The maximum absolute atomic E-state index is 11.1. The average Bonchev–Trinajstić information content (AvgIpc) is 2.59. The number of ether oxygens (including phenoxy) is 2. The van der Waals surface area contributed by atoms with Gasteiger partial charge >= 0.3 is 11.9 Å². The van der Waals surface area contributed by atoms with Crippen molar-refractivity contribution in [1.29, 1.82) is 0 Å². The largest absolute Gasteiger partial charge is 0.461 e. The molecular formula is C16H17ClN2O6. The molecule has 9 heteroatoms. The van der Waals surface area contributed by atoms with Crippen molar-refractivity contribution < 1.29 is 24.0 Å². The minimum Gasteiger partial charge on any atom is -0.461 e. The van der Waals surface area contributed by atoms with Gasteiger partial charge in [0.15, 0.2) is 0 Å². The Bertz CT molecular complexity index is 651. The summed E-state index contributed by atoms with van der Waals surface area (Å²) in [5.41, 5.74) is 0.335. The van der Waals surface area contributed by atoms with Gasteiger partial charge in [0.1, 0.15) is 13.2 Å². The van der Waals surface area contributed by atoms with Crippen LogP contribution < -0.4 is 4.90 Å². The second-order valence-corrected chi connectivity index (χ2v) is 5.03. The molecule has 0 saturated heterocycles. The molecule has 0 fully saturated rings. The van der Waals surface area contributed by atoms with Gasteiger partial charge in [-0.15, -0.1) is 0 Å². The third-order valence-corrected chi connectivity index (χ3v) is 3.33. The molecule has 1 aromatic carbocycles. The molecule has 8 nitrogen and oxygen atoms in total. The van der Waals surface area contributed by atoms with E-state index in [-0.39, 0.29) is 37.0 Å². The van der Waals surface area contributed by atoms with Gasteiger partial charge in [-0.1, -0.05) is 24.8 Å². The lowest BCUT2D eigenvalue weighted by atomic mass is 10.2. The molecule has 134 valence electrons. The van der Waals surface area contributed by atoms with E-state index in [0.717, 1.165) is 12.2 Å². The Labute approximate surface area is 149 Å². The van der Waals surface area contributed by atoms with Crippen LogP contribution in [0.5, 0.6) is 0 Å². The van der Waals surface area contributed by atoms with E-state index < -0.39 is 16.9 Å². The Balaban J connectivity index is 2.86. The lowest BCUT2D eigenvalue weighted by Gasteiger charge is -2.25. The van der Waals surface area contributed by atoms with Crippen LogP contribution in [0, 0.1) is 10.1 Å². The maximum Gasteiger partial charge on any atom is 0.330 e. The van der Waals surface area contributed by atoms with Crippen LogP contribution in [-0.4, -0.2) is 43.2 Å². The molecule has 0 heterocycles. The summed E-state index contributed by atoms with van der Waals surface area (Å²) in [4.78, 5) is 34.2. The van der Waals surface area contributed by atoms with E-state index in [1.165, 1.54) is 18.2 Å². The number of esters is 2. The number of carbonyl (C=O) groups is 2. The zero-order valence-corrected chi connectivity index (χ0v) is 14.1. The predicted octanol–water partition coefficient (Wildman–Crippen LogP) is 2.51. The number of hydrogen-bond acceptors (Lipinski definition) is 7. The molecule has 0 saturated carbocycles. The molecule has 0 spiro atoms. The van der Waals surface area contributed by atoms with Crippen LogP contribution in [0.25, 0.3) is 0 Å². The summed E-state index contributed by atoms with van der Waals surface area (Å²) >= 11 is 6.11. The highest BCUT2D eigenvalue weighted by Crippen LogP contribution is 2.29. The Kier molecular flexibility index (Phi) is 8.14. The molecule has 1 rings (SSSR count). The number of benzene rings is 1. The number of carbonyl (C=O) groups excluding carboxylic acids is 2. The predicted molar refractivity (Wildman–Crippen MR) is 92.6 cm³/mol. The van der Waals surface area contributed by atoms with Crippen molar-refractivity contribution in [2.45, 2.75) is 0 Å². The standard InChI is InChI=1S/C16H17ClN2O6/c1-3-15(20)24-9-7-18(8-10-25-16(21)4-2)14-6-5-12(19(22)23)11-13(14)17/h3-6,11H,1-2,7-10H2. The van der Waals surface area contributed by atoms with E-state index in [2.05, 4.69) is 13.2 Å². The van der Waals surface area contributed by atoms with Crippen molar-refractivity contribution in [2.24, 2.45) is 0 Å². The van der Waals surface area contributed by atoms with E-state index in [9.17, 15) is 19.7 Å². The third-order valence-electron chi connectivity index (χ3n) is 3.03. The summed E-state index contributed by atoms with van der Waals surface area (Å²) in [6.07, 6.45) is 2.07. The maximum atomic E-state index is 11.1. The molecule has 1 aromatic rings. The fraction of sp³-hybridized carbons (Fsp3) is 0.250. The highest BCUT2D eigenvalue weighted by Gasteiger charge is 2.15. The van der Waals surface area contributed by atoms with Crippen LogP contribution in [0.15, 0.2) is 43.5 Å². The first-order valence-electron chi connectivity index (χ1n) is 7.16. The van der Waals surface area contributed by atoms with Crippen molar-refractivity contribution in [3.8, 4) is 0 Å². The van der Waals surface area contributed by atoms with Crippen LogP contribution >= 0.6 is 11.6 Å². The summed E-state index contributed by atoms with van der Waals surface area (Å²) in [5.74, 6) is -1.15.